The topological polar surface area (TPSA) is 130 Å². The Bertz CT molecular complexity index is 1480. The summed E-state index contributed by atoms with van der Waals surface area (Å²) in [5, 5.41) is 9.87. The van der Waals surface area contributed by atoms with Crippen molar-refractivity contribution in [1.82, 2.24) is 19.6 Å². The van der Waals surface area contributed by atoms with E-state index in [4.69, 9.17) is 14.0 Å². The number of ether oxygens (including phenoxy) is 2. The van der Waals surface area contributed by atoms with Gasteiger partial charge in [-0.15, -0.1) is 0 Å². The molecule has 3 aromatic rings. The Balaban J connectivity index is 1.40. The fraction of sp³-hybridized carbons (Fsp3) is 0.613. The number of carbonyl (C=O) groups excluding carboxylic acids is 2. The highest BCUT2D eigenvalue weighted by Crippen LogP contribution is 2.28. The van der Waals surface area contributed by atoms with Gasteiger partial charge >= 0.3 is 5.69 Å². The largest absolute Gasteiger partial charge is 0.377 e. The van der Waals surface area contributed by atoms with Crippen molar-refractivity contribution in [3.05, 3.63) is 46.2 Å². The molecule has 2 amide bonds. The lowest BCUT2D eigenvalue weighted by Gasteiger charge is -2.29. The molecule has 1 aliphatic carbocycles. The minimum atomic E-state index is -1.28. The van der Waals surface area contributed by atoms with E-state index in [0.29, 0.717) is 42.3 Å². The van der Waals surface area contributed by atoms with Gasteiger partial charge in [0.15, 0.2) is 0 Å². The summed E-state index contributed by atoms with van der Waals surface area (Å²) < 4.78 is 19.7. The van der Waals surface area contributed by atoms with Gasteiger partial charge in [0.1, 0.15) is 24.6 Å². The second-order valence-corrected chi connectivity index (χ2v) is 18.8. The number of aromatic nitrogens is 3. The maximum Gasteiger partial charge on any atom is 0.331 e. The van der Waals surface area contributed by atoms with Crippen molar-refractivity contribution in [1.29, 1.82) is 0 Å². The quantitative estimate of drug-likeness (QED) is 0.228. The molecule has 12 heteroatoms. The van der Waals surface area contributed by atoms with Crippen LogP contribution >= 0.6 is 0 Å². The van der Waals surface area contributed by atoms with E-state index < -0.39 is 14.1 Å². The van der Waals surface area contributed by atoms with Crippen LogP contribution in [0.25, 0.3) is 11.0 Å². The van der Waals surface area contributed by atoms with E-state index in [1.54, 1.807) is 16.1 Å². The number of amides is 2. The first-order valence-electron chi connectivity index (χ1n) is 15.6. The minimum Gasteiger partial charge on any atom is -0.377 e. The summed E-state index contributed by atoms with van der Waals surface area (Å²) in [6.07, 6.45) is 8.53. The maximum absolute atomic E-state index is 13.9. The van der Waals surface area contributed by atoms with Crippen molar-refractivity contribution < 1.29 is 23.6 Å². The molecule has 2 fully saturated rings. The molecule has 1 aromatic carbocycles. The van der Waals surface area contributed by atoms with Crippen LogP contribution in [0.15, 0.2) is 33.8 Å². The molecular formula is C31H45N5O6Si. The van der Waals surface area contributed by atoms with E-state index in [2.05, 4.69) is 35.4 Å². The lowest BCUT2D eigenvalue weighted by Crippen LogP contribution is -2.48. The molecule has 1 unspecified atom stereocenters. The molecular weight excluding hydrogens is 566 g/mol. The highest BCUT2D eigenvalue weighted by atomic mass is 28.3. The number of rotatable bonds is 11. The number of hydrogen-bond acceptors (Lipinski definition) is 7. The minimum absolute atomic E-state index is 0.00537. The zero-order valence-corrected chi connectivity index (χ0v) is 26.8. The van der Waals surface area contributed by atoms with Gasteiger partial charge in [0.05, 0.1) is 36.0 Å². The van der Waals surface area contributed by atoms with Crippen LogP contribution in [0.2, 0.25) is 25.7 Å². The van der Waals surface area contributed by atoms with Gasteiger partial charge in [-0.2, -0.15) is 0 Å². The van der Waals surface area contributed by atoms with E-state index in [-0.39, 0.29) is 36.2 Å². The Morgan fingerprint density at radius 1 is 1.09 bits per heavy atom. The summed E-state index contributed by atoms with van der Waals surface area (Å²) in [4.78, 5) is 40.6. The van der Waals surface area contributed by atoms with Crippen molar-refractivity contribution in [3.63, 3.8) is 0 Å². The van der Waals surface area contributed by atoms with Crippen molar-refractivity contribution >= 4 is 36.6 Å². The molecule has 1 saturated heterocycles. The number of anilines is 1. The number of imidazole rings is 1. The predicted octanol–water partition coefficient (Wildman–Crippen LogP) is 5.08. The molecule has 11 nitrogen and oxygen atoms in total. The summed E-state index contributed by atoms with van der Waals surface area (Å²) in [6, 6.07) is 5.76. The third-order valence-electron chi connectivity index (χ3n) is 8.62. The Morgan fingerprint density at radius 3 is 2.44 bits per heavy atom. The van der Waals surface area contributed by atoms with Crippen LogP contribution < -0.4 is 16.3 Å². The first-order chi connectivity index (χ1) is 20.6. The lowest BCUT2D eigenvalue weighted by molar-refractivity contribution is -0.119. The van der Waals surface area contributed by atoms with Crippen LogP contribution in [0.5, 0.6) is 0 Å². The summed E-state index contributed by atoms with van der Waals surface area (Å²) in [5.74, 6) is -0.647. The van der Waals surface area contributed by atoms with Crippen molar-refractivity contribution in [3.8, 4) is 0 Å². The lowest BCUT2D eigenvalue weighted by atomic mass is 9.85. The molecule has 2 aliphatic rings. The van der Waals surface area contributed by atoms with Gasteiger partial charge in [0.2, 0.25) is 5.91 Å². The summed E-state index contributed by atoms with van der Waals surface area (Å²) in [5.41, 5.74) is 2.67. The molecule has 1 atom stereocenters. The molecule has 43 heavy (non-hydrogen) atoms. The highest BCUT2D eigenvalue weighted by molar-refractivity contribution is 6.76. The van der Waals surface area contributed by atoms with E-state index in [1.165, 1.54) is 12.7 Å². The number of nitrogens with zero attached hydrogens (tertiary/aromatic N) is 3. The standard InChI is InChI=1S/C31H45N5O6Si/c1-21-25(19-42-34-21)29(37)33-28(22-10-8-6-5-7-9-11-22)30(38)32-23-12-13-26-27(16-23)35(20-40-14-15-43(2,3)4)31(39)36(26)24-17-41-18-24/h12-13,16,19,22,24,28H,5-11,14-15,17-18,20H2,1-4H3,(H,32,38)(H,33,37). The predicted molar refractivity (Wildman–Crippen MR) is 167 cm³/mol. The average molecular weight is 612 g/mol. The van der Waals surface area contributed by atoms with Gasteiger partial charge < -0.3 is 24.6 Å². The molecule has 1 aliphatic heterocycles. The highest BCUT2D eigenvalue weighted by Gasteiger charge is 2.32. The van der Waals surface area contributed by atoms with E-state index in [0.717, 1.165) is 50.1 Å². The number of nitrogens with one attached hydrogen (secondary N) is 2. The van der Waals surface area contributed by atoms with Gasteiger partial charge in [0.25, 0.3) is 5.91 Å². The second kappa shape index (κ2) is 13.6. The monoisotopic (exact) mass is 611 g/mol. The van der Waals surface area contributed by atoms with Crippen LogP contribution in [0.4, 0.5) is 5.69 Å². The van der Waals surface area contributed by atoms with E-state index in [1.807, 2.05) is 18.2 Å². The molecule has 0 radical (unpaired) electrons. The van der Waals surface area contributed by atoms with Crippen LogP contribution in [0.1, 0.15) is 67.0 Å². The number of carbonyl (C=O) groups is 2. The third kappa shape index (κ3) is 7.47. The first-order valence-corrected chi connectivity index (χ1v) is 19.3. The molecule has 0 bridgehead atoms. The average Bonchev–Trinajstić information content (AvgIpc) is 3.45. The zero-order chi connectivity index (χ0) is 30.6. The first kappa shape index (κ1) is 31.2. The van der Waals surface area contributed by atoms with E-state index in [9.17, 15) is 14.4 Å². The van der Waals surface area contributed by atoms with Gasteiger partial charge in [-0.3, -0.25) is 18.7 Å². The van der Waals surface area contributed by atoms with Crippen LogP contribution in [-0.4, -0.2) is 60.0 Å². The maximum atomic E-state index is 13.9. The molecule has 3 heterocycles. The number of aryl methyl sites for hydroxylation is 1. The zero-order valence-electron chi connectivity index (χ0n) is 25.8. The molecule has 1 saturated carbocycles. The van der Waals surface area contributed by atoms with Gasteiger partial charge in [-0.05, 0) is 49.9 Å². The molecule has 2 aromatic heterocycles. The van der Waals surface area contributed by atoms with Crippen molar-refractivity contribution in [2.24, 2.45) is 5.92 Å². The van der Waals surface area contributed by atoms with Crippen molar-refractivity contribution in [2.45, 2.75) is 96.4 Å². The second-order valence-electron chi connectivity index (χ2n) is 13.2. The van der Waals surface area contributed by atoms with E-state index >= 15 is 0 Å². The van der Waals surface area contributed by atoms with Gasteiger partial charge in [0, 0.05) is 20.4 Å². The van der Waals surface area contributed by atoms with Crippen molar-refractivity contribution in [2.75, 3.05) is 25.1 Å². The molecule has 5 rings (SSSR count). The summed E-state index contributed by atoms with van der Waals surface area (Å²) >= 11 is 0. The number of hydrogen-bond donors (Lipinski definition) is 2. The van der Waals surface area contributed by atoms with Gasteiger partial charge in [-0.25, -0.2) is 4.79 Å². The number of fused-ring (bicyclic) bond motifs is 1. The Hall–Kier alpha value is -3.22. The normalized spacial score (nSPS) is 17.7. The SMILES string of the molecule is Cc1nocc1C(=O)NC(C(=O)Nc1ccc2c(c1)n(COCC[Si](C)(C)C)c(=O)n2C1COC1)C1CCCCCCC1. The Labute approximate surface area is 253 Å². The van der Waals surface area contributed by atoms with Crippen LogP contribution in [-0.2, 0) is 21.0 Å². The Morgan fingerprint density at radius 2 is 1.81 bits per heavy atom. The fourth-order valence-corrected chi connectivity index (χ4v) is 6.67. The molecule has 0 spiro atoms. The summed E-state index contributed by atoms with van der Waals surface area (Å²) in [7, 11) is -1.28. The molecule has 234 valence electrons. The Kier molecular flexibility index (Phi) is 9.87. The van der Waals surface area contributed by atoms with Crippen LogP contribution in [0, 0.1) is 12.8 Å². The molecule has 2 N–H and O–H groups in total. The smallest absolute Gasteiger partial charge is 0.331 e. The number of benzene rings is 1. The van der Waals surface area contributed by atoms with Gasteiger partial charge in [-0.1, -0.05) is 56.9 Å². The third-order valence-corrected chi connectivity index (χ3v) is 10.3. The fourth-order valence-electron chi connectivity index (χ4n) is 5.91. The van der Waals surface area contributed by atoms with Crippen LogP contribution in [0.3, 0.4) is 0 Å². The summed E-state index contributed by atoms with van der Waals surface area (Å²) in [6.45, 7) is 10.3.